The van der Waals surface area contributed by atoms with Crippen molar-refractivity contribution in [3.05, 3.63) is 29.8 Å². The zero-order valence-corrected chi connectivity index (χ0v) is 11.3. The van der Waals surface area contributed by atoms with Gasteiger partial charge in [0.1, 0.15) is 5.75 Å². The number of nitrogens with one attached hydrogen (secondary N) is 1. The first kappa shape index (κ1) is 14.5. The van der Waals surface area contributed by atoms with Gasteiger partial charge in [-0.25, -0.2) is 0 Å². The van der Waals surface area contributed by atoms with Crippen molar-refractivity contribution in [1.29, 1.82) is 5.26 Å². The number of nitriles is 1. The van der Waals surface area contributed by atoms with Gasteiger partial charge in [-0.3, -0.25) is 0 Å². The number of hydrogen-bond acceptors (Lipinski definition) is 4. The van der Waals surface area contributed by atoms with Gasteiger partial charge in [-0.1, -0.05) is 12.1 Å². The molecule has 0 amide bonds. The van der Waals surface area contributed by atoms with E-state index in [1.807, 2.05) is 12.1 Å². The van der Waals surface area contributed by atoms with Crippen molar-refractivity contribution in [3.8, 4) is 11.8 Å². The van der Waals surface area contributed by atoms with Gasteiger partial charge in [-0.05, 0) is 31.8 Å². The summed E-state index contributed by atoms with van der Waals surface area (Å²) in [5, 5.41) is 11.8. The largest absolute Gasteiger partial charge is 0.497 e. The lowest BCUT2D eigenvalue weighted by molar-refractivity contribution is 0.289. The first-order valence-electron chi connectivity index (χ1n) is 6.07. The molecule has 4 heteroatoms. The molecule has 0 saturated carbocycles. The number of hydrogen-bond donors (Lipinski definition) is 1. The van der Waals surface area contributed by atoms with E-state index >= 15 is 0 Å². The molecule has 0 aliphatic carbocycles. The summed E-state index contributed by atoms with van der Waals surface area (Å²) < 4.78 is 5.16. The fourth-order valence-corrected chi connectivity index (χ4v) is 1.81. The van der Waals surface area contributed by atoms with E-state index in [0.717, 1.165) is 18.8 Å². The molecule has 0 aliphatic heterocycles. The van der Waals surface area contributed by atoms with Gasteiger partial charge in [0.05, 0.1) is 13.2 Å². The minimum Gasteiger partial charge on any atom is -0.497 e. The molecule has 0 fully saturated rings. The van der Waals surface area contributed by atoms with Gasteiger partial charge < -0.3 is 15.0 Å². The van der Waals surface area contributed by atoms with E-state index in [2.05, 4.69) is 42.5 Å². The zero-order valence-electron chi connectivity index (χ0n) is 11.3. The van der Waals surface area contributed by atoms with Crippen LogP contribution in [0.4, 0.5) is 0 Å². The molecule has 0 spiro atoms. The third-order valence-electron chi connectivity index (χ3n) is 2.88. The van der Waals surface area contributed by atoms with E-state index in [0.29, 0.717) is 12.5 Å². The lowest BCUT2D eigenvalue weighted by atomic mass is 10.1. The predicted octanol–water partition coefficient (Wildman–Crippen LogP) is 1.80. The first-order chi connectivity index (χ1) is 8.69. The Morgan fingerprint density at radius 3 is 2.50 bits per heavy atom. The van der Waals surface area contributed by atoms with Crippen LogP contribution in [-0.4, -0.2) is 39.2 Å². The second-order valence-corrected chi connectivity index (χ2v) is 4.36. The van der Waals surface area contributed by atoms with E-state index in [1.54, 1.807) is 7.11 Å². The summed E-state index contributed by atoms with van der Waals surface area (Å²) in [6.07, 6.45) is 0.544. The summed E-state index contributed by atoms with van der Waals surface area (Å²) in [5.41, 5.74) is 1.24. The number of benzene rings is 1. The van der Waals surface area contributed by atoms with Crippen LogP contribution < -0.4 is 10.1 Å². The Bertz CT molecular complexity index is 381. The topological polar surface area (TPSA) is 48.3 Å². The van der Waals surface area contributed by atoms with Crippen LogP contribution in [0.2, 0.25) is 0 Å². The Kier molecular flexibility index (Phi) is 6.20. The Morgan fingerprint density at radius 2 is 2.00 bits per heavy atom. The highest BCUT2D eigenvalue weighted by atomic mass is 16.5. The zero-order chi connectivity index (χ0) is 13.4. The summed E-state index contributed by atoms with van der Waals surface area (Å²) in [6.45, 7) is 1.57. The van der Waals surface area contributed by atoms with Crippen LogP contribution in [0.5, 0.6) is 5.75 Å². The first-order valence-corrected chi connectivity index (χ1v) is 6.07. The number of nitrogens with zero attached hydrogens (tertiary/aromatic N) is 2. The Hall–Kier alpha value is -1.57. The molecule has 98 valence electrons. The van der Waals surface area contributed by atoms with Crippen LogP contribution in [-0.2, 0) is 0 Å². The second-order valence-electron chi connectivity index (χ2n) is 4.36. The minimum absolute atomic E-state index is 0.301. The van der Waals surface area contributed by atoms with Gasteiger partial charge in [-0.2, -0.15) is 5.26 Å². The quantitative estimate of drug-likeness (QED) is 0.746. The molecular formula is C14H21N3O. The van der Waals surface area contributed by atoms with Crippen LogP contribution in [0.3, 0.4) is 0 Å². The van der Waals surface area contributed by atoms with Gasteiger partial charge in [0, 0.05) is 25.6 Å². The van der Waals surface area contributed by atoms with Crippen molar-refractivity contribution >= 4 is 0 Å². The normalized spacial score (nSPS) is 12.2. The summed E-state index contributed by atoms with van der Waals surface area (Å²) in [7, 11) is 5.78. The van der Waals surface area contributed by atoms with Crippen molar-refractivity contribution in [2.45, 2.75) is 12.5 Å². The fourth-order valence-electron chi connectivity index (χ4n) is 1.81. The van der Waals surface area contributed by atoms with Crippen molar-refractivity contribution in [3.63, 3.8) is 0 Å². The van der Waals surface area contributed by atoms with E-state index in [-0.39, 0.29) is 0 Å². The Balaban J connectivity index is 2.62. The molecule has 1 rings (SSSR count). The number of ether oxygens (including phenoxy) is 1. The highest BCUT2D eigenvalue weighted by molar-refractivity contribution is 5.29. The maximum atomic E-state index is 8.50. The summed E-state index contributed by atoms with van der Waals surface area (Å²) in [4.78, 5) is 2.17. The van der Waals surface area contributed by atoms with Crippen molar-refractivity contribution in [2.75, 3.05) is 34.3 Å². The summed E-state index contributed by atoms with van der Waals surface area (Å²) in [6, 6.07) is 10.5. The molecule has 1 N–H and O–H groups in total. The molecule has 0 heterocycles. The molecule has 0 aromatic heterocycles. The van der Waals surface area contributed by atoms with Crippen LogP contribution in [0.1, 0.15) is 18.0 Å². The Labute approximate surface area is 109 Å². The fraction of sp³-hybridized carbons (Fsp3) is 0.500. The Morgan fingerprint density at radius 1 is 1.33 bits per heavy atom. The van der Waals surface area contributed by atoms with E-state index in [4.69, 9.17) is 10.00 Å². The minimum atomic E-state index is 0.301. The van der Waals surface area contributed by atoms with Gasteiger partial charge >= 0.3 is 0 Å². The molecule has 18 heavy (non-hydrogen) atoms. The van der Waals surface area contributed by atoms with Gasteiger partial charge in [0.25, 0.3) is 0 Å². The maximum Gasteiger partial charge on any atom is 0.118 e. The smallest absolute Gasteiger partial charge is 0.118 e. The number of likely N-dealkylation sites (N-methyl/N-ethyl adjacent to an activating group) is 1. The molecule has 0 saturated heterocycles. The molecular weight excluding hydrogens is 226 g/mol. The number of methoxy groups -OCH3 is 1. The van der Waals surface area contributed by atoms with Gasteiger partial charge in [0.2, 0.25) is 0 Å². The highest BCUT2D eigenvalue weighted by Gasteiger charge is 2.13. The van der Waals surface area contributed by atoms with Gasteiger partial charge in [0.15, 0.2) is 0 Å². The summed E-state index contributed by atoms with van der Waals surface area (Å²) >= 11 is 0. The second kappa shape index (κ2) is 7.70. The van der Waals surface area contributed by atoms with Crippen LogP contribution >= 0.6 is 0 Å². The van der Waals surface area contributed by atoms with E-state index in [9.17, 15) is 0 Å². The molecule has 1 aromatic rings. The van der Waals surface area contributed by atoms with Crippen LogP contribution in [0, 0.1) is 11.3 Å². The third kappa shape index (κ3) is 4.36. The van der Waals surface area contributed by atoms with Crippen LogP contribution in [0.25, 0.3) is 0 Å². The lowest BCUT2D eigenvalue weighted by Gasteiger charge is -2.25. The molecule has 1 aromatic carbocycles. The molecule has 1 atom stereocenters. The summed E-state index contributed by atoms with van der Waals surface area (Å²) in [5.74, 6) is 0.869. The standard InChI is InChI=1S/C14H21N3O/c1-17(2)14(11-16-10-4-9-15)12-5-7-13(18-3)8-6-12/h5-8,14,16H,4,10-11H2,1-3H3/t14-/m1/s1. The monoisotopic (exact) mass is 247 g/mol. The molecule has 0 bridgehead atoms. The third-order valence-corrected chi connectivity index (χ3v) is 2.88. The van der Waals surface area contributed by atoms with Crippen molar-refractivity contribution in [1.82, 2.24) is 10.2 Å². The molecule has 0 unspecified atom stereocenters. The van der Waals surface area contributed by atoms with Crippen molar-refractivity contribution in [2.24, 2.45) is 0 Å². The van der Waals surface area contributed by atoms with E-state index < -0.39 is 0 Å². The highest BCUT2D eigenvalue weighted by Crippen LogP contribution is 2.20. The maximum absolute atomic E-state index is 8.50. The molecule has 0 radical (unpaired) electrons. The average molecular weight is 247 g/mol. The van der Waals surface area contributed by atoms with Gasteiger partial charge in [-0.15, -0.1) is 0 Å². The number of rotatable bonds is 7. The lowest BCUT2D eigenvalue weighted by Crippen LogP contribution is -2.31. The van der Waals surface area contributed by atoms with Crippen LogP contribution in [0.15, 0.2) is 24.3 Å². The molecule has 4 nitrogen and oxygen atoms in total. The van der Waals surface area contributed by atoms with E-state index in [1.165, 1.54) is 5.56 Å². The van der Waals surface area contributed by atoms with Crippen molar-refractivity contribution < 1.29 is 4.74 Å². The molecule has 0 aliphatic rings. The predicted molar refractivity (Wildman–Crippen MR) is 72.5 cm³/mol. The SMILES string of the molecule is COc1ccc([C@@H](CNCCC#N)N(C)C)cc1. The average Bonchev–Trinajstić information content (AvgIpc) is 2.39.